The van der Waals surface area contributed by atoms with E-state index in [9.17, 15) is 22.8 Å². The van der Waals surface area contributed by atoms with Gasteiger partial charge in [0.05, 0.1) is 16.3 Å². The summed E-state index contributed by atoms with van der Waals surface area (Å²) in [5, 5.41) is 7.71. The fourth-order valence-corrected chi connectivity index (χ4v) is 9.33. The molecule has 1 saturated carbocycles. The van der Waals surface area contributed by atoms with Crippen molar-refractivity contribution in [3.63, 3.8) is 0 Å². The van der Waals surface area contributed by atoms with Crippen LogP contribution in [0.5, 0.6) is 0 Å². The van der Waals surface area contributed by atoms with Gasteiger partial charge in [0.1, 0.15) is 5.60 Å². The molecule has 51 heavy (non-hydrogen) atoms. The topological polar surface area (TPSA) is 93.6 Å². The number of piperidine rings is 2. The van der Waals surface area contributed by atoms with Crippen molar-refractivity contribution in [2.24, 2.45) is 11.8 Å². The Bertz CT molecular complexity index is 1350. The molecule has 286 valence electrons. The molecule has 1 atom stereocenters. The van der Waals surface area contributed by atoms with Crippen molar-refractivity contribution in [1.29, 1.82) is 0 Å². The van der Waals surface area contributed by atoms with Crippen molar-refractivity contribution in [1.82, 2.24) is 14.7 Å². The number of carboxylic acid groups (broad SMARTS) is 1. The zero-order valence-corrected chi connectivity index (χ0v) is 31.1. The zero-order chi connectivity index (χ0) is 36.8. The first-order valence-electron chi connectivity index (χ1n) is 19.2. The number of anilines is 1. The first-order chi connectivity index (χ1) is 24.3. The van der Waals surface area contributed by atoms with E-state index >= 15 is 0 Å². The largest absolute Gasteiger partial charge is 0.490 e. The van der Waals surface area contributed by atoms with Crippen LogP contribution in [0.1, 0.15) is 113 Å². The van der Waals surface area contributed by atoms with Gasteiger partial charge in [-0.1, -0.05) is 50.6 Å². The predicted molar refractivity (Wildman–Crippen MR) is 191 cm³/mol. The van der Waals surface area contributed by atoms with Gasteiger partial charge in [0.25, 0.3) is 5.91 Å². The number of unbranched alkanes of at least 4 members (excludes halogenated alkanes) is 1. The lowest BCUT2D eigenvalue weighted by Gasteiger charge is -2.52. The van der Waals surface area contributed by atoms with Gasteiger partial charge in [0, 0.05) is 77.2 Å². The van der Waals surface area contributed by atoms with E-state index in [0.29, 0.717) is 28.5 Å². The first-order valence-corrected chi connectivity index (χ1v) is 19.6. The molecule has 6 rings (SSSR count). The number of carboxylic acids is 1. The molecule has 1 N–H and O–H groups in total. The Hall–Kier alpha value is -2.73. The van der Waals surface area contributed by atoms with Gasteiger partial charge in [-0.25, -0.2) is 9.59 Å². The Balaban J connectivity index is 0.000000654. The average Bonchev–Trinajstić information content (AvgIpc) is 3.65. The molecule has 4 heterocycles. The SMILES string of the molecule is CCCCC1CN(CC2CCCCC2)C(=O)OC12CCN(C1CCN(C(=O)c3c(Cl)cc(C)cc3N3CCCC3)CC1)CC2.O=C(O)C(F)(F)F. The number of amides is 2. The van der Waals surface area contributed by atoms with Crippen LogP contribution in [0.15, 0.2) is 12.1 Å². The molecular formula is C38H56ClF3N4O5. The highest BCUT2D eigenvalue weighted by Crippen LogP contribution is 2.42. The monoisotopic (exact) mass is 740 g/mol. The van der Waals surface area contributed by atoms with Crippen molar-refractivity contribution in [2.45, 2.75) is 122 Å². The molecule has 9 nitrogen and oxygen atoms in total. The van der Waals surface area contributed by atoms with Crippen molar-refractivity contribution in [2.75, 3.05) is 57.3 Å². The Morgan fingerprint density at radius 2 is 1.59 bits per heavy atom. The fraction of sp³-hybridized carbons (Fsp3) is 0.763. The zero-order valence-electron chi connectivity index (χ0n) is 30.3. The van der Waals surface area contributed by atoms with E-state index in [-0.39, 0.29) is 17.6 Å². The number of halogens is 4. The number of rotatable bonds is 8. The summed E-state index contributed by atoms with van der Waals surface area (Å²) < 4.78 is 38.2. The number of hydrogen-bond donors (Lipinski definition) is 1. The number of aryl methyl sites for hydroxylation is 1. The molecule has 1 unspecified atom stereocenters. The van der Waals surface area contributed by atoms with Crippen LogP contribution in [0.2, 0.25) is 5.02 Å². The van der Waals surface area contributed by atoms with E-state index in [1.807, 2.05) is 11.0 Å². The van der Waals surface area contributed by atoms with Gasteiger partial charge in [-0.15, -0.1) is 0 Å². The number of carbonyl (C=O) groups is 3. The summed E-state index contributed by atoms with van der Waals surface area (Å²) in [5.41, 5.74) is 2.49. The first kappa shape index (κ1) is 39.5. The molecular weight excluding hydrogens is 685 g/mol. The van der Waals surface area contributed by atoms with Gasteiger partial charge in [0.15, 0.2) is 0 Å². The minimum Gasteiger partial charge on any atom is -0.475 e. The van der Waals surface area contributed by atoms with E-state index in [1.54, 1.807) is 0 Å². The molecule has 13 heteroatoms. The molecule has 1 aromatic carbocycles. The van der Waals surface area contributed by atoms with Crippen molar-refractivity contribution in [3.05, 3.63) is 28.3 Å². The van der Waals surface area contributed by atoms with E-state index in [0.717, 1.165) is 95.7 Å². The van der Waals surface area contributed by atoms with Gasteiger partial charge in [-0.2, -0.15) is 13.2 Å². The second kappa shape index (κ2) is 17.4. The highest BCUT2D eigenvalue weighted by Gasteiger charge is 2.50. The summed E-state index contributed by atoms with van der Waals surface area (Å²) in [6.45, 7) is 11.5. The highest BCUT2D eigenvalue weighted by atomic mass is 35.5. The van der Waals surface area contributed by atoms with Crippen molar-refractivity contribution >= 4 is 35.3 Å². The summed E-state index contributed by atoms with van der Waals surface area (Å²) >= 11 is 6.74. The second-order valence-corrected chi connectivity index (χ2v) is 15.8. The summed E-state index contributed by atoms with van der Waals surface area (Å²) in [6.07, 6.45) is 11.0. The third kappa shape index (κ3) is 9.83. The summed E-state index contributed by atoms with van der Waals surface area (Å²) in [5.74, 6) is -1.61. The average molecular weight is 741 g/mol. The van der Waals surface area contributed by atoms with Gasteiger partial charge in [-0.05, 0) is 75.5 Å². The van der Waals surface area contributed by atoms with Crippen LogP contribution in [0.3, 0.4) is 0 Å². The lowest BCUT2D eigenvalue weighted by atomic mass is 9.75. The van der Waals surface area contributed by atoms with Crippen LogP contribution in [0.25, 0.3) is 0 Å². The molecule has 0 bridgehead atoms. The molecule has 1 aromatic rings. The van der Waals surface area contributed by atoms with E-state index in [1.165, 1.54) is 57.8 Å². The van der Waals surface area contributed by atoms with Crippen LogP contribution in [-0.4, -0.2) is 108 Å². The third-order valence-corrected chi connectivity index (χ3v) is 12.2. The third-order valence-electron chi connectivity index (χ3n) is 11.9. The Labute approximate surface area is 305 Å². The van der Waals surface area contributed by atoms with Crippen LogP contribution in [-0.2, 0) is 9.53 Å². The lowest BCUT2D eigenvalue weighted by Crippen LogP contribution is -2.61. The van der Waals surface area contributed by atoms with Crippen molar-refractivity contribution in [3.8, 4) is 0 Å². The number of carbonyl (C=O) groups excluding carboxylic acids is 2. The molecule has 4 saturated heterocycles. The lowest BCUT2D eigenvalue weighted by molar-refractivity contribution is -0.192. The highest BCUT2D eigenvalue weighted by molar-refractivity contribution is 6.34. The molecule has 1 aliphatic carbocycles. The maximum Gasteiger partial charge on any atom is 0.490 e. The second-order valence-electron chi connectivity index (χ2n) is 15.4. The summed E-state index contributed by atoms with van der Waals surface area (Å²) in [7, 11) is 0. The standard InChI is InChI=1S/C36H55ClN4O3.C2HF3O2/c1-3-4-12-29-26-41(25-28-10-6-5-7-11-28)35(43)44-36(29)15-21-38(22-16-36)30-13-19-40(20-14-30)34(42)33-31(37)23-27(2)24-32(33)39-17-8-9-18-39;3-2(4,5)1(6)7/h23-24,28-30H,3-22,25-26H2,1-2H3;(H,6,7). The fourth-order valence-electron chi connectivity index (χ4n) is 8.98. The molecule has 4 aliphatic heterocycles. The van der Waals surface area contributed by atoms with Crippen LogP contribution in [0.4, 0.5) is 23.7 Å². The van der Waals surface area contributed by atoms with E-state index < -0.39 is 12.1 Å². The van der Waals surface area contributed by atoms with Crippen molar-refractivity contribution < 1.29 is 37.4 Å². The maximum absolute atomic E-state index is 13.8. The molecule has 1 spiro atoms. The van der Waals surface area contributed by atoms with Crippen LogP contribution >= 0.6 is 11.6 Å². The van der Waals surface area contributed by atoms with E-state index in [4.69, 9.17) is 26.2 Å². The predicted octanol–water partition coefficient (Wildman–Crippen LogP) is 8.16. The number of aliphatic carboxylic acids is 1. The number of hydrogen-bond acceptors (Lipinski definition) is 6. The smallest absolute Gasteiger partial charge is 0.475 e. The minimum atomic E-state index is -5.08. The number of ether oxygens (including phenoxy) is 1. The van der Waals surface area contributed by atoms with Crippen LogP contribution < -0.4 is 4.90 Å². The van der Waals surface area contributed by atoms with E-state index in [2.05, 4.69) is 34.6 Å². The normalized spacial score (nSPS) is 23.6. The van der Waals surface area contributed by atoms with Gasteiger partial charge in [-0.3, -0.25) is 9.69 Å². The molecule has 0 radical (unpaired) electrons. The number of nitrogens with zero attached hydrogens (tertiary/aromatic N) is 4. The maximum atomic E-state index is 13.8. The molecule has 2 amide bonds. The Morgan fingerprint density at radius 1 is 0.961 bits per heavy atom. The molecule has 5 aliphatic rings. The van der Waals surface area contributed by atoms with Gasteiger partial charge < -0.3 is 24.5 Å². The van der Waals surface area contributed by atoms with Gasteiger partial charge in [0.2, 0.25) is 0 Å². The number of likely N-dealkylation sites (tertiary alicyclic amines) is 2. The Morgan fingerprint density at radius 3 is 2.18 bits per heavy atom. The van der Waals surface area contributed by atoms with Crippen LogP contribution in [0, 0.1) is 18.8 Å². The van der Waals surface area contributed by atoms with Gasteiger partial charge >= 0.3 is 18.2 Å². The molecule has 0 aromatic heterocycles. The summed E-state index contributed by atoms with van der Waals surface area (Å²) in [4.78, 5) is 45.2. The quantitative estimate of drug-likeness (QED) is 0.288. The number of benzene rings is 1. The summed E-state index contributed by atoms with van der Waals surface area (Å²) in [6, 6.07) is 4.55. The minimum absolute atomic E-state index is 0.0633. The Kier molecular flexibility index (Phi) is 13.5. The number of alkyl halides is 3. The molecule has 5 fully saturated rings.